The Morgan fingerprint density at radius 1 is 1.14 bits per heavy atom. The molecule has 0 bridgehead atoms. The van der Waals surface area contributed by atoms with Gasteiger partial charge < -0.3 is 10.1 Å². The lowest BCUT2D eigenvalue weighted by atomic mass is 10.2. The number of rotatable bonds is 9. The predicted molar refractivity (Wildman–Crippen MR) is 111 cm³/mol. The van der Waals surface area contributed by atoms with Crippen LogP contribution in [0.5, 0.6) is 5.75 Å². The highest BCUT2D eigenvalue weighted by atomic mass is 32.2. The SMILES string of the molecule is Cc1ccc(OCCCCNC(=O)c2sccc2S(=O)(=O)N2CCCC2)cc1. The summed E-state index contributed by atoms with van der Waals surface area (Å²) in [5.74, 6) is 0.511. The summed E-state index contributed by atoms with van der Waals surface area (Å²) in [5.41, 5.74) is 1.19. The smallest absolute Gasteiger partial charge is 0.262 e. The molecule has 28 heavy (non-hydrogen) atoms. The minimum atomic E-state index is -3.58. The largest absolute Gasteiger partial charge is 0.494 e. The van der Waals surface area contributed by atoms with E-state index in [4.69, 9.17) is 4.74 Å². The predicted octanol–water partition coefficient (Wildman–Crippen LogP) is 3.43. The Hall–Kier alpha value is -1.90. The first-order valence-corrected chi connectivity index (χ1v) is 11.9. The molecule has 1 N–H and O–H groups in total. The minimum absolute atomic E-state index is 0.125. The van der Waals surface area contributed by atoms with E-state index in [-0.39, 0.29) is 15.7 Å². The summed E-state index contributed by atoms with van der Waals surface area (Å²) in [6, 6.07) is 9.42. The zero-order chi connectivity index (χ0) is 20.0. The molecule has 8 heteroatoms. The fourth-order valence-electron chi connectivity index (χ4n) is 3.07. The van der Waals surface area contributed by atoms with Crippen molar-refractivity contribution < 1.29 is 17.9 Å². The minimum Gasteiger partial charge on any atom is -0.494 e. The summed E-state index contributed by atoms with van der Waals surface area (Å²) in [5, 5.41) is 4.49. The van der Waals surface area contributed by atoms with Gasteiger partial charge in [-0.15, -0.1) is 11.3 Å². The second-order valence-corrected chi connectivity index (χ2v) is 9.67. The van der Waals surface area contributed by atoms with Crippen LogP contribution in [0.15, 0.2) is 40.6 Å². The molecule has 2 aromatic rings. The normalized spacial score (nSPS) is 14.9. The number of sulfonamides is 1. The van der Waals surface area contributed by atoms with Crippen molar-refractivity contribution in [3.8, 4) is 5.75 Å². The lowest BCUT2D eigenvalue weighted by molar-refractivity contribution is 0.0953. The van der Waals surface area contributed by atoms with Gasteiger partial charge in [0.2, 0.25) is 10.0 Å². The molecule has 6 nitrogen and oxygen atoms in total. The lowest BCUT2D eigenvalue weighted by Gasteiger charge is -2.15. The average molecular weight is 423 g/mol. The Balaban J connectivity index is 1.44. The second-order valence-electron chi connectivity index (χ2n) is 6.85. The third-order valence-electron chi connectivity index (χ3n) is 4.66. The fourth-order valence-corrected chi connectivity index (χ4v) is 5.90. The van der Waals surface area contributed by atoms with Crippen LogP contribution in [-0.2, 0) is 10.0 Å². The van der Waals surface area contributed by atoms with Crippen molar-refractivity contribution in [3.05, 3.63) is 46.2 Å². The summed E-state index contributed by atoms with van der Waals surface area (Å²) in [6.07, 6.45) is 3.31. The van der Waals surface area contributed by atoms with E-state index in [9.17, 15) is 13.2 Å². The van der Waals surface area contributed by atoms with Crippen LogP contribution in [0, 0.1) is 6.92 Å². The monoisotopic (exact) mass is 422 g/mol. The third-order valence-corrected chi connectivity index (χ3v) is 7.65. The van der Waals surface area contributed by atoms with Gasteiger partial charge in [-0.2, -0.15) is 4.31 Å². The highest BCUT2D eigenvalue weighted by Gasteiger charge is 2.31. The fraction of sp³-hybridized carbons (Fsp3) is 0.450. The molecule has 0 unspecified atom stereocenters. The summed E-state index contributed by atoms with van der Waals surface area (Å²) in [6.45, 7) is 4.14. The number of ether oxygens (including phenoxy) is 1. The standard InChI is InChI=1S/C20H26N2O4S2/c1-16-6-8-17(9-7-16)26-14-5-2-11-21-20(23)19-18(10-15-27-19)28(24,25)22-12-3-4-13-22/h6-10,15H,2-5,11-14H2,1H3,(H,21,23). The van der Waals surface area contributed by atoms with Crippen molar-refractivity contribution in [1.82, 2.24) is 9.62 Å². The topological polar surface area (TPSA) is 75.7 Å². The molecule has 152 valence electrons. The first kappa shape index (κ1) is 20.8. The molecular formula is C20H26N2O4S2. The lowest BCUT2D eigenvalue weighted by Crippen LogP contribution is -2.30. The van der Waals surface area contributed by atoms with E-state index in [0.29, 0.717) is 26.2 Å². The molecule has 0 aliphatic carbocycles. The number of nitrogens with zero attached hydrogens (tertiary/aromatic N) is 1. The van der Waals surface area contributed by atoms with E-state index in [1.165, 1.54) is 27.3 Å². The van der Waals surface area contributed by atoms with Crippen molar-refractivity contribution in [2.24, 2.45) is 0 Å². The molecule has 2 heterocycles. The molecule has 1 fully saturated rings. The van der Waals surface area contributed by atoms with Gasteiger partial charge in [0, 0.05) is 19.6 Å². The average Bonchev–Trinajstić information content (AvgIpc) is 3.38. The molecule has 1 aromatic heterocycles. The van der Waals surface area contributed by atoms with Crippen LogP contribution in [0.25, 0.3) is 0 Å². The summed E-state index contributed by atoms with van der Waals surface area (Å²) in [4.78, 5) is 12.9. The number of carbonyl (C=O) groups excluding carboxylic acids is 1. The number of carbonyl (C=O) groups is 1. The van der Waals surface area contributed by atoms with Crippen LogP contribution in [0.1, 0.15) is 40.9 Å². The van der Waals surface area contributed by atoms with Gasteiger partial charge in [-0.1, -0.05) is 17.7 Å². The number of amides is 1. The van der Waals surface area contributed by atoms with Crippen LogP contribution < -0.4 is 10.1 Å². The molecule has 1 amide bonds. The number of aryl methyl sites for hydroxylation is 1. The van der Waals surface area contributed by atoms with Gasteiger partial charge in [-0.3, -0.25) is 4.79 Å². The van der Waals surface area contributed by atoms with Gasteiger partial charge in [-0.05, 0) is 56.2 Å². The molecule has 0 radical (unpaired) electrons. The Kier molecular flexibility index (Phi) is 7.09. The van der Waals surface area contributed by atoms with Crippen molar-refractivity contribution in [3.63, 3.8) is 0 Å². The van der Waals surface area contributed by atoms with E-state index >= 15 is 0 Å². The summed E-state index contributed by atoms with van der Waals surface area (Å²) < 4.78 is 32.6. The Labute approximate surface area is 170 Å². The quantitative estimate of drug-likeness (QED) is 0.628. The van der Waals surface area contributed by atoms with Crippen LogP contribution in [-0.4, -0.2) is 44.9 Å². The molecule has 0 spiro atoms. The number of unbranched alkanes of at least 4 members (excludes halogenated alkanes) is 1. The summed E-state index contributed by atoms with van der Waals surface area (Å²) >= 11 is 1.17. The van der Waals surface area contributed by atoms with Gasteiger partial charge in [0.25, 0.3) is 5.91 Å². The molecule has 3 rings (SSSR count). The summed E-state index contributed by atoms with van der Waals surface area (Å²) in [7, 11) is -3.58. The van der Waals surface area contributed by atoms with Crippen molar-refractivity contribution in [1.29, 1.82) is 0 Å². The van der Waals surface area contributed by atoms with Crippen molar-refractivity contribution in [2.45, 2.75) is 37.5 Å². The molecule has 0 saturated carbocycles. The van der Waals surface area contributed by atoms with Gasteiger partial charge in [0.1, 0.15) is 15.5 Å². The van der Waals surface area contributed by atoms with Gasteiger partial charge >= 0.3 is 0 Å². The van der Waals surface area contributed by atoms with E-state index in [1.807, 2.05) is 31.2 Å². The Bertz CT molecular complexity index is 885. The zero-order valence-corrected chi connectivity index (χ0v) is 17.7. The van der Waals surface area contributed by atoms with Crippen molar-refractivity contribution >= 4 is 27.3 Å². The zero-order valence-electron chi connectivity index (χ0n) is 16.0. The van der Waals surface area contributed by atoms with Crippen LogP contribution in [0.2, 0.25) is 0 Å². The highest BCUT2D eigenvalue weighted by molar-refractivity contribution is 7.89. The second kappa shape index (κ2) is 9.54. The molecule has 1 aliphatic heterocycles. The van der Waals surface area contributed by atoms with Crippen LogP contribution in [0.3, 0.4) is 0 Å². The Morgan fingerprint density at radius 3 is 2.57 bits per heavy atom. The molecular weight excluding hydrogens is 396 g/mol. The van der Waals surface area contributed by atoms with Gasteiger partial charge in [0.05, 0.1) is 6.61 Å². The van der Waals surface area contributed by atoms with E-state index in [0.717, 1.165) is 31.4 Å². The first-order valence-electron chi connectivity index (χ1n) is 9.54. The highest BCUT2D eigenvalue weighted by Crippen LogP contribution is 2.27. The first-order chi connectivity index (χ1) is 13.5. The van der Waals surface area contributed by atoms with Gasteiger partial charge in [-0.25, -0.2) is 8.42 Å². The maximum absolute atomic E-state index is 12.7. The number of hydrogen-bond acceptors (Lipinski definition) is 5. The maximum atomic E-state index is 12.7. The maximum Gasteiger partial charge on any atom is 0.262 e. The number of nitrogens with one attached hydrogen (secondary N) is 1. The number of benzene rings is 1. The van der Waals surface area contributed by atoms with E-state index < -0.39 is 10.0 Å². The van der Waals surface area contributed by atoms with Crippen LogP contribution >= 0.6 is 11.3 Å². The van der Waals surface area contributed by atoms with Crippen molar-refractivity contribution in [2.75, 3.05) is 26.2 Å². The third kappa shape index (κ3) is 5.12. The van der Waals surface area contributed by atoms with Gasteiger partial charge in [0.15, 0.2) is 0 Å². The van der Waals surface area contributed by atoms with E-state index in [1.54, 1.807) is 5.38 Å². The molecule has 1 aromatic carbocycles. The number of thiophene rings is 1. The molecule has 1 saturated heterocycles. The molecule has 0 atom stereocenters. The van der Waals surface area contributed by atoms with E-state index in [2.05, 4.69) is 5.32 Å². The van der Waals surface area contributed by atoms with Crippen LogP contribution in [0.4, 0.5) is 0 Å². The Morgan fingerprint density at radius 2 is 1.86 bits per heavy atom. The number of hydrogen-bond donors (Lipinski definition) is 1. The molecule has 1 aliphatic rings.